The maximum atomic E-state index is 12.4. The Morgan fingerprint density at radius 2 is 1.65 bits per heavy atom. The van der Waals surface area contributed by atoms with Crippen molar-refractivity contribution in [2.24, 2.45) is 5.73 Å². The minimum Gasteiger partial charge on any atom is -0.486 e. The fourth-order valence-electron chi connectivity index (χ4n) is 2.11. The molecule has 3 rings (SSSR count). The molecule has 2 aromatic carbocycles. The van der Waals surface area contributed by atoms with Crippen LogP contribution >= 0.6 is 0 Å². The number of nitrogens with two attached hydrogens (primary N) is 1. The Kier molecular flexibility index (Phi) is 3.83. The topological polar surface area (TPSA) is 108 Å². The molecule has 8 heteroatoms. The van der Waals surface area contributed by atoms with Crippen LogP contribution in [-0.2, 0) is 10.0 Å². The van der Waals surface area contributed by atoms with Crippen LogP contribution in [0.15, 0.2) is 47.4 Å². The van der Waals surface area contributed by atoms with Crippen molar-refractivity contribution < 1.29 is 22.7 Å². The third kappa shape index (κ3) is 3.21. The second kappa shape index (κ2) is 5.81. The van der Waals surface area contributed by atoms with Crippen LogP contribution in [0.3, 0.4) is 0 Å². The van der Waals surface area contributed by atoms with Crippen LogP contribution in [0.4, 0.5) is 5.69 Å². The molecule has 0 bridgehead atoms. The van der Waals surface area contributed by atoms with Gasteiger partial charge in [-0.15, -0.1) is 0 Å². The van der Waals surface area contributed by atoms with E-state index in [0.717, 1.165) is 0 Å². The Bertz CT molecular complexity index is 847. The van der Waals surface area contributed by atoms with Crippen LogP contribution in [-0.4, -0.2) is 27.5 Å². The van der Waals surface area contributed by atoms with E-state index in [0.29, 0.717) is 36.0 Å². The zero-order chi connectivity index (χ0) is 16.4. The van der Waals surface area contributed by atoms with E-state index in [1.54, 1.807) is 6.07 Å². The van der Waals surface area contributed by atoms with Crippen LogP contribution < -0.4 is 19.9 Å². The highest BCUT2D eigenvalue weighted by atomic mass is 32.2. The number of carbonyl (C=O) groups is 1. The molecule has 0 atom stereocenters. The Labute approximate surface area is 133 Å². The maximum Gasteiger partial charge on any atom is 0.262 e. The molecule has 1 aliphatic rings. The van der Waals surface area contributed by atoms with E-state index in [1.165, 1.54) is 36.4 Å². The molecule has 0 unspecified atom stereocenters. The highest BCUT2D eigenvalue weighted by molar-refractivity contribution is 7.92. The van der Waals surface area contributed by atoms with Crippen molar-refractivity contribution in [3.63, 3.8) is 0 Å². The van der Waals surface area contributed by atoms with Crippen LogP contribution in [0.1, 0.15) is 10.4 Å². The summed E-state index contributed by atoms with van der Waals surface area (Å²) in [7, 11) is -3.78. The summed E-state index contributed by atoms with van der Waals surface area (Å²) in [4.78, 5) is 11.1. The summed E-state index contributed by atoms with van der Waals surface area (Å²) in [6, 6.07) is 10.2. The van der Waals surface area contributed by atoms with E-state index in [-0.39, 0.29) is 4.90 Å². The molecule has 0 radical (unpaired) electrons. The molecule has 3 N–H and O–H groups in total. The van der Waals surface area contributed by atoms with Gasteiger partial charge in [0.05, 0.1) is 4.90 Å². The number of benzene rings is 2. The van der Waals surface area contributed by atoms with Gasteiger partial charge < -0.3 is 15.2 Å². The maximum absolute atomic E-state index is 12.4. The minimum atomic E-state index is -3.78. The third-order valence-electron chi connectivity index (χ3n) is 3.25. The van der Waals surface area contributed by atoms with Gasteiger partial charge in [0.25, 0.3) is 10.0 Å². The summed E-state index contributed by atoms with van der Waals surface area (Å²) in [5, 5.41) is 0. The zero-order valence-electron chi connectivity index (χ0n) is 12.0. The van der Waals surface area contributed by atoms with Crippen LogP contribution in [0.5, 0.6) is 11.5 Å². The van der Waals surface area contributed by atoms with Crippen LogP contribution in [0.25, 0.3) is 0 Å². The number of nitrogens with one attached hydrogen (secondary N) is 1. The predicted octanol–water partition coefficient (Wildman–Crippen LogP) is 1.36. The molecule has 7 nitrogen and oxygen atoms in total. The van der Waals surface area contributed by atoms with Gasteiger partial charge in [0.2, 0.25) is 5.91 Å². The van der Waals surface area contributed by atoms with Crippen molar-refractivity contribution in [2.45, 2.75) is 4.90 Å². The summed E-state index contributed by atoms with van der Waals surface area (Å²) in [6.07, 6.45) is 0. The van der Waals surface area contributed by atoms with Crippen molar-refractivity contribution in [3.8, 4) is 11.5 Å². The first-order chi connectivity index (χ1) is 11.0. The number of amides is 1. The number of ether oxygens (including phenoxy) is 2. The second-order valence-electron chi connectivity index (χ2n) is 4.85. The van der Waals surface area contributed by atoms with Gasteiger partial charge in [0.15, 0.2) is 11.5 Å². The molecule has 23 heavy (non-hydrogen) atoms. The normalized spacial score (nSPS) is 13.4. The number of rotatable bonds is 4. The lowest BCUT2D eigenvalue weighted by Gasteiger charge is -2.19. The number of fused-ring (bicyclic) bond motifs is 1. The largest absolute Gasteiger partial charge is 0.486 e. The van der Waals surface area contributed by atoms with E-state index in [1.807, 2.05) is 0 Å². The summed E-state index contributed by atoms with van der Waals surface area (Å²) in [5.74, 6) is 0.329. The summed E-state index contributed by atoms with van der Waals surface area (Å²) in [5.41, 5.74) is 5.77. The molecular formula is C15H14N2O5S. The first-order valence-corrected chi connectivity index (χ1v) is 8.26. The molecule has 0 saturated carbocycles. The number of anilines is 1. The first kappa shape index (κ1) is 15.2. The number of hydrogen-bond acceptors (Lipinski definition) is 5. The summed E-state index contributed by atoms with van der Waals surface area (Å²) in [6.45, 7) is 0.808. The second-order valence-corrected chi connectivity index (χ2v) is 6.53. The average molecular weight is 334 g/mol. The predicted molar refractivity (Wildman–Crippen MR) is 83.2 cm³/mol. The molecule has 120 valence electrons. The Morgan fingerprint density at radius 1 is 1.00 bits per heavy atom. The molecule has 0 spiro atoms. The van der Waals surface area contributed by atoms with Gasteiger partial charge in [0.1, 0.15) is 13.2 Å². The van der Waals surface area contributed by atoms with Crippen molar-refractivity contribution in [2.75, 3.05) is 17.9 Å². The Morgan fingerprint density at radius 3 is 2.30 bits per heavy atom. The quantitative estimate of drug-likeness (QED) is 0.877. The SMILES string of the molecule is NC(=O)c1ccc(NS(=O)(=O)c2ccc3c(c2)OCCO3)cc1. The van der Waals surface area contributed by atoms with E-state index in [4.69, 9.17) is 15.2 Å². The molecule has 0 fully saturated rings. The number of carbonyl (C=O) groups excluding carboxylic acids is 1. The minimum absolute atomic E-state index is 0.0562. The lowest BCUT2D eigenvalue weighted by Crippen LogP contribution is -2.17. The van der Waals surface area contributed by atoms with Gasteiger partial charge in [-0.3, -0.25) is 9.52 Å². The molecule has 1 heterocycles. The fourth-order valence-corrected chi connectivity index (χ4v) is 3.18. The molecule has 0 aromatic heterocycles. The zero-order valence-corrected chi connectivity index (χ0v) is 12.8. The lowest BCUT2D eigenvalue weighted by atomic mass is 10.2. The fraction of sp³-hybridized carbons (Fsp3) is 0.133. The van der Waals surface area contributed by atoms with Crippen LogP contribution in [0, 0.1) is 0 Å². The van der Waals surface area contributed by atoms with E-state index in [2.05, 4.69) is 4.72 Å². The van der Waals surface area contributed by atoms with Gasteiger partial charge in [0, 0.05) is 17.3 Å². The first-order valence-electron chi connectivity index (χ1n) is 6.78. The highest BCUT2D eigenvalue weighted by Crippen LogP contribution is 2.32. The van der Waals surface area contributed by atoms with Crippen LogP contribution in [0.2, 0.25) is 0 Å². The third-order valence-corrected chi connectivity index (χ3v) is 4.62. The number of primary amides is 1. The Balaban J connectivity index is 1.85. The summed E-state index contributed by atoms with van der Waals surface area (Å²) < 4.78 is 38.0. The van der Waals surface area contributed by atoms with Gasteiger partial charge in [-0.2, -0.15) is 0 Å². The molecule has 2 aromatic rings. The standard InChI is InChI=1S/C15H14N2O5S/c16-15(18)10-1-3-11(4-2-10)17-23(19,20)12-5-6-13-14(9-12)22-8-7-21-13/h1-6,9,17H,7-8H2,(H2,16,18). The average Bonchev–Trinajstić information content (AvgIpc) is 2.54. The van der Waals surface area contributed by atoms with E-state index < -0.39 is 15.9 Å². The van der Waals surface area contributed by atoms with Gasteiger partial charge in [-0.1, -0.05) is 0 Å². The molecule has 1 amide bonds. The van der Waals surface area contributed by atoms with Crippen molar-refractivity contribution in [3.05, 3.63) is 48.0 Å². The number of hydrogen-bond donors (Lipinski definition) is 2. The lowest BCUT2D eigenvalue weighted by molar-refractivity contribution is 0.100. The van der Waals surface area contributed by atoms with Gasteiger partial charge >= 0.3 is 0 Å². The van der Waals surface area contributed by atoms with E-state index in [9.17, 15) is 13.2 Å². The molecular weight excluding hydrogens is 320 g/mol. The van der Waals surface area contributed by atoms with Gasteiger partial charge in [-0.05, 0) is 36.4 Å². The number of sulfonamides is 1. The smallest absolute Gasteiger partial charge is 0.262 e. The van der Waals surface area contributed by atoms with Crippen molar-refractivity contribution in [1.82, 2.24) is 0 Å². The molecule has 1 aliphatic heterocycles. The molecule has 0 saturated heterocycles. The monoisotopic (exact) mass is 334 g/mol. The van der Waals surface area contributed by atoms with Gasteiger partial charge in [-0.25, -0.2) is 8.42 Å². The Hall–Kier alpha value is -2.74. The summed E-state index contributed by atoms with van der Waals surface area (Å²) >= 11 is 0. The molecule has 0 aliphatic carbocycles. The highest BCUT2D eigenvalue weighted by Gasteiger charge is 2.19. The van der Waals surface area contributed by atoms with Crippen molar-refractivity contribution >= 4 is 21.6 Å². The van der Waals surface area contributed by atoms with E-state index >= 15 is 0 Å². The van der Waals surface area contributed by atoms with Crippen molar-refractivity contribution in [1.29, 1.82) is 0 Å².